The van der Waals surface area contributed by atoms with Crippen LogP contribution in [0.3, 0.4) is 0 Å². The number of carbonyl (C=O) groups is 1. The number of carbonyl (C=O) groups excluding carboxylic acids is 1. The molecule has 1 saturated heterocycles. The van der Waals surface area contributed by atoms with E-state index in [1.807, 2.05) is 0 Å². The Hall–Kier alpha value is -1.98. The summed E-state index contributed by atoms with van der Waals surface area (Å²) in [4.78, 5) is 18.2. The number of aliphatic hydroxyl groups excluding tert-OH is 1. The van der Waals surface area contributed by atoms with Gasteiger partial charge in [-0.1, -0.05) is 23.7 Å². The van der Waals surface area contributed by atoms with Gasteiger partial charge in [0.15, 0.2) is 0 Å². The molecule has 0 aliphatic carbocycles. The monoisotopic (exact) mass is 348 g/mol. The zero-order chi connectivity index (χ0) is 17.1. The average molecular weight is 349 g/mol. The van der Waals surface area contributed by atoms with Gasteiger partial charge in [0.2, 0.25) is 0 Å². The predicted molar refractivity (Wildman–Crippen MR) is 89.2 cm³/mol. The van der Waals surface area contributed by atoms with Gasteiger partial charge in [0.05, 0.1) is 11.1 Å². The molecule has 0 radical (unpaired) electrons. The number of benzene rings is 1. The van der Waals surface area contributed by atoms with Crippen molar-refractivity contribution in [2.75, 3.05) is 13.1 Å². The first kappa shape index (κ1) is 16.9. The highest BCUT2D eigenvalue weighted by Crippen LogP contribution is 2.31. The van der Waals surface area contributed by atoms with Crippen LogP contribution in [0, 0.1) is 11.7 Å². The van der Waals surface area contributed by atoms with Crippen molar-refractivity contribution in [1.29, 1.82) is 0 Å². The highest BCUT2D eigenvalue weighted by atomic mass is 35.5. The summed E-state index contributed by atoms with van der Waals surface area (Å²) in [6.07, 6.45) is 2.20. The van der Waals surface area contributed by atoms with Gasteiger partial charge in [0.25, 0.3) is 5.91 Å². The largest absolute Gasteiger partial charge is 0.388 e. The van der Waals surface area contributed by atoms with E-state index in [0.29, 0.717) is 42.2 Å². The first-order valence-electron chi connectivity index (χ1n) is 7.89. The zero-order valence-corrected chi connectivity index (χ0v) is 13.8. The second kappa shape index (κ2) is 7.28. The van der Waals surface area contributed by atoms with E-state index in [0.717, 1.165) is 0 Å². The molecule has 1 aromatic heterocycles. The van der Waals surface area contributed by atoms with Gasteiger partial charge in [-0.2, -0.15) is 0 Å². The van der Waals surface area contributed by atoms with Crippen molar-refractivity contribution in [3.63, 3.8) is 0 Å². The summed E-state index contributed by atoms with van der Waals surface area (Å²) >= 11 is 5.79. The molecule has 0 bridgehead atoms. The lowest BCUT2D eigenvalue weighted by molar-refractivity contribution is 0.0458. The van der Waals surface area contributed by atoms with Crippen molar-refractivity contribution in [2.45, 2.75) is 18.9 Å². The third kappa shape index (κ3) is 3.74. The molecule has 6 heteroatoms. The lowest BCUT2D eigenvalue weighted by Gasteiger charge is -2.34. The van der Waals surface area contributed by atoms with Crippen LogP contribution in [0.1, 0.15) is 35.0 Å². The third-order valence-electron chi connectivity index (χ3n) is 4.43. The number of nitrogens with zero attached hydrogens (tertiary/aromatic N) is 2. The summed E-state index contributed by atoms with van der Waals surface area (Å²) in [7, 11) is 0. The molecule has 1 amide bonds. The van der Waals surface area contributed by atoms with Crippen molar-refractivity contribution < 1.29 is 14.3 Å². The lowest BCUT2D eigenvalue weighted by atomic mass is 9.87. The van der Waals surface area contributed by atoms with Crippen LogP contribution in [0.4, 0.5) is 4.39 Å². The van der Waals surface area contributed by atoms with E-state index in [1.165, 1.54) is 18.3 Å². The Morgan fingerprint density at radius 1 is 1.21 bits per heavy atom. The minimum atomic E-state index is -0.642. The van der Waals surface area contributed by atoms with Crippen LogP contribution in [0.25, 0.3) is 0 Å². The molecular formula is C18H18ClFN2O2. The van der Waals surface area contributed by atoms with Crippen molar-refractivity contribution in [3.8, 4) is 0 Å². The Morgan fingerprint density at radius 3 is 2.46 bits per heavy atom. The molecule has 1 unspecified atom stereocenters. The van der Waals surface area contributed by atoms with Gasteiger partial charge < -0.3 is 10.0 Å². The van der Waals surface area contributed by atoms with Crippen molar-refractivity contribution in [2.24, 2.45) is 5.92 Å². The fourth-order valence-electron chi connectivity index (χ4n) is 3.01. The second-order valence-electron chi connectivity index (χ2n) is 5.99. The fourth-order valence-corrected chi connectivity index (χ4v) is 3.13. The Balaban J connectivity index is 1.60. The summed E-state index contributed by atoms with van der Waals surface area (Å²) in [5.41, 5.74) is 1.08. The first-order valence-corrected chi connectivity index (χ1v) is 8.27. The molecule has 2 heterocycles. The average Bonchev–Trinajstić information content (AvgIpc) is 2.62. The molecule has 1 aromatic carbocycles. The molecule has 1 N–H and O–H groups in total. The number of pyridine rings is 1. The van der Waals surface area contributed by atoms with E-state index in [4.69, 9.17) is 11.6 Å². The highest BCUT2D eigenvalue weighted by molar-refractivity contribution is 6.30. The molecule has 0 saturated carbocycles. The Morgan fingerprint density at radius 2 is 1.88 bits per heavy atom. The van der Waals surface area contributed by atoms with Crippen LogP contribution < -0.4 is 0 Å². The van der Waals surface area contributed by atoms with E-state index in [9.17, 15) is 14.3 Å². The van der Waals surface area contributed by atoms with Crippen LogP contribution in [0.5, 0.6) is 0 Å². The number of hydrogen-bond donors (Lipinski definition) is 1. The Bertz CT molecular complexity index is 698. The number of likely N-dealkylation sites (tertiary alicyclic amines) is 1. The molecule has 4 nitrogen and oxygen atoms in total. The topological polar surface area (TPSA) is 53.4 Å². The van der Waals surface area contributed by atoms with Gasteiger partial charge in [-0.3, -0.25) is 4.79 Å². The van der Waals surface area contributed by atoms with E-state index in [2.05, 4.69) is 4.98 Å². The third-order valence-corrected chi connectivity index (χ3v) is 4.65. The number of aliphatic hydroxyl groups is 1. The smallest absolute Gasteiger partial charge is 0.272 e. The number of halogens is 2. The van der Waals surface area contributed by atoms with Crippen molar-refractivity contribution in [3.05, 3.63) is 64.7 Å². The van der Waals surface area contributed by atoms with Crippen LogP contribution in [-0.4, -0.2) is 34.0 Å². The van der Waals surface area contributed by atoms with E-state index in [-0.39, 0.29) is 17.6 Å². The Kier molecular flexibility index (Phi) is 5.11. The molecule has 1 aliphatic heterocycles. The number of rotatable bonds is 3. The van der Waals surface area contributed by atoms with Gasteiger partial charge in [-0.05, 0) is 48.6 Å². The van der Waals surface area contributed by atoms with E-state index < -0.39 is 6.10 Å². The maximum Gasteiger partial charge on any atom is 0.272 e. The van der Waals surface area contributed by atoms with Crippen LogP contribution in [0.2, 0.25) is 5.02 Å². The molecule has 24 heavy (non-hydrogen) atoms. The number of piperidine rings is 1. The summed E-state index contributed by atoms with van der Waals surface area (Å²) in [6, 6.07) is 9.17. The summed E-state index contributed by atoms with van der Waals surface area (Å²) in [5.74, 6) is -0.388. The van der Waals surface area contributed by atoms with Crippen LogP contribution in [0.15, 0.2) is 42.6 Å². The minimum Gasteiger partial charge on any atom is -0.388 e. The number of hydrogen-bond acceptors (Lipinski definition) is 3. The summed E-state index contributed by atoms with van der Waals surface area (Å²) in [5, 5.41) is 10.9. The van der Waals surface area contributed by atoms with Gasteiger partial charge in [-0.15, -0.1) is 0 Å². The summed E-state index contributed by atoms with van der Waals surface area (Å²) in [6.45, 7) is 1.12. The summed E-state index contributed by atoms with van der Waals surface area (Å²) < 4.78 is 13.0. The standard InChI is InChI=1S/C18H18ClFN2O2/c19-14-3-6-16(21-11-14)18(24)22-9-7-13(8-10-22)17(23)12-1-4-15(20)5-2-12/h1-6,11,13,17,23H,7-10H2. The van der Waals surface area contributed by atoms with Gasteiger partial charge in [-0.25, -0.2) is 9.37 Å². The predicted octanol–water partition coefficient (Wildman–Crippen LogP) is 3.46. The molecule has 126 valence electrons. The van der Waals surface area contributed by atoms with Crippen LogP contribution >= 0.6 is 11.6 Å². The lowest BCUT2D eigenvalue weighted by Crippen LogP contribution is -2.40. The maximum absolute atomic E-state index is 13.0. The molecular weight excluding hydrogens is 331 g/mol. The highest BCUT2D eigenvalue weighted by Gasteiger charge is 2.29. The van der Waals surface area contributed by atoms with E-state index >= 15 is 0 Å². The van der Waals surface area contributed by atoms with E-state index in [1.54, 1.807) is 29.2 Å². The molecule has 2 aromatic rings. The fraction of sp³-hybridized carbons (Fsp3) is 0.333. The Labute approximate surface area is 144 Å². The number of amides is 1. The first-order chi connectivity index (χ1) is 11.5. The van der Waals surface area contributed by atoms with Crippen molar-refractivity contribution in [1.82, 2.24) is 9.88 Å². The quantitative estimate of drug-likeness (QED) is 0.924. The van der Waals surface area contributed by atoms with Crippen LogP contribution in [-0.2, 0) is 0 Å². The maximum atomic E-state index is 13.0. The van der Waals surface area contributed by atoms with Gasteiger partial charge in [0.1, 0.15) is 11.5 Å². The molecule has 1 atom stereocenters. The SMILES string of the molecule is O=C(c1ccc(Cl)cn1)N1CCC(C(O)c2ccc(F)cc2)CC1. The molecule has 1 aliphatic rings. The van der Waals surface area contributed by atoms with Gasteiger partial charge in [0, 0.05) is 19.3 Å². The molecule has 1 fully saturated rings. The second-order valence-corrected chi connectivity index (χ2v) is 6.42. The zero-order valence-electron chi connectivity index (χ0n) is 13.0. The number of aromatic nitrogens is 1. The normalized spacial score (nSPS) is 16.9. The molecule has 0 spiro atoms. The van der Waals surface area contributed by atoms with Gasteiger partial charge >= 0.3 is 0 Å². The molecule has 3 rings (SSSR count). The van der Waals surface area contributed by atoms with Crippen molar-refractivity contribution >= 4 is 17.5 Å². The minimum absolute atomic E-state index is 0.0534.